The van der Waals surface area contributed by atoms with Gasteiger partial charge in [0.1, 0.15) is 17.2 Å². The molecule has 0 aromatic heterocycles. The second-order valence-electron chi connectivity index (χ2n) is 7.14. The molecular formula is C34H46O4S. The average molecular weight is 551 g/mol. The predicted molar refractivity (Wildman–Crippen MR) is 167 cm³/mol. The molecule has 0 aliphatic carbocycles. The molecule has 0 fully saturated rings. The van der Waals surface area contributed by atoms with E-state index in [9.17, 15) is 8.42 Å². The van der Waals surface area contributed by atoms with Gasteiger partial charge in [0.05, 0.1) is 16.9 Å². The molecule has 0 unspecified atom stereocenters. The first kappa shape index (κ1) is 35.4. The Hall–Kier alpha value is -3.57. The van der Waals surface area contributed by atoms with E-state index in [4.69, 9.17) is 9.47 Å². The number of methoxy groups -OCH3 is 1. The molecule has 0 atom stereocenters. The second-order valence-corrected chi connectivity index (χ2v) is 9.09. The fourth-order valence-electron chi connectivity index (χ4n) is 3.18. The minimum atomic E-state index is -3.55. The zero-order valence-corrected chi connectivity index (χ0v) is 26.1. The molecule has 39 heavy (non-hydrogen) atoms. The van der Waals surface area contributed by atoms with Crippen molar-refractivity contribution in [1.29, 1.82) is 0 Å². The molecule has 0 radical (unpaired) electrons. The van der Waals surface area contributed by atoms with Gasteiger partial charge in [0.2, 0.25) is 9.84 Å². The van der Waals surface area contributed by atoms with E-state index in [1.165, 1.54) is 0 Å². The lowest BCUT2D eigenvalue weighted by atomic mass is 10.1. The summed E-state index contributed by atoms with van der Waals surface area (Å²) in [5.41, 5.74) is 3.16. The van der Waals surface area contributed by atoms with Gasteiger partial charge in [0.15, 0.2) is 0 Å². The first-order valence-electron chi connectivity index (χ1n) is 13.8. The van der Waals surface area contributed by atoms with Gasteiger partial charge in [-0.15, -0.1) is 0 Å². The Labute approximate surface area is 237 Å². The fraction of sp³-hybridized carbons (Fsp3) is 0.294. The average Bonchev–Trinajstić information content (AvgIpc) is 3.02. The summed E-state index contributed by atoms with van der Waals surface area (Å²) in [5, 5.41) is 0. The quantitative estimate of drug-likeness (QED) is 0.240. The van der Waals surface area contributed by atoms with Crippen LogP contribution in [-0.4, -0.2) is 15.5 Å². The molecular weight excluding hydrogens is 504 g/mol. The standard InChI is InChI=1S/C26H22O4S.4C2H6/c1-19-3-15-25(16-4-19)31(27,28)26-17-13-24(14-18-26)30-23-11-7-21(8-12-23)20-5-9-22(29-2)10-6-20;4*1-2/h3-18H,1-2H3;4*1-2H3. The van der Waals surface area contributed by atoms with Gasteiger partial charge in [-0.1, -0.05) is 97.4 Å². The molecule has 0 aliphatic heterocycles. The van der Waals surface area contributed by atoms with E-state index in [1.807, 2.05) is 111 Å². The SMILES string of the molecule is CC.CC.CC.CC.COc1ccc(-c2ccc(Oc3ccc(S(=O)(=O)c4ccc(C)cc4)cc3)cc2)cc1. The molecule has 0 N–H and O–H groups in total. The summed E-state index contributed by atoms with van der Waals surface area (Å²) < 4.78 is 36.6. The van der Waals surface area contributed by atoms with Gasteiger partial charge < -0.3 is 9.47 Å². The lowest BCUT2D eigenvalue weighted by Gasteiger charge is -2.09. The summed E-state index contributed by atoms with van der Waals surface area (Å²) in [6.07, 6.45) is 0. The molecule has 4 nitrogen and oxygen atoms in total. The number of benzene rings is 4. The number of sulfone groups is 1. The van der Waals surface area contributed by atoms with E-state index in [0.717, 1.165) is 22.4 Å². The molecule has 4 aromatic carbocycles. The van der Waals surface area contributed by atoms with Crippen LogP contribution >= 0.6 is 0 Å². The van der Waals surface area contributed by atoms with E-state index >= 15 is 0 Å². The van der Waals surface area contributed by atoms with Crippen molar-refractivity contribution in [3.8, 4) is 28.4 Å². The normalized spacial score (nSPS) is 9.49. The minimum absolute atomic E-state index is 0.235. The molecule has 0 spiro atoms. The van der Waals surface area contributed by atoms with Crippen molar-refractivity contribution in [2.45, 2.75) is 72.1 Å². The van der Waals surface area contributed by atoms with Crippen LogP contribution in [0.1, 0.15) is 61.0 Å². The van der Waals surface area contributed by atoms with Gasteiger partial charge in [-0.3, -0.25) is 0 Å². The van der Waals surface area contributed by atoms with E-state index in [2.05, 4.69) is 0 Å². The molecule has 0 aliphatic rings. The molecule has 4 aromatic rings. The molecule has 5 heteroatoms. The summed E-state index contributed by atoms with van der Waals surface area (Å²) in [4.78, 5) is 0.513. The largest absolute Gasteiger partial charge is 0.497 e. The molecule has 0 heterocycles. The zero-order chi connectivity index (χ0) is 29.8. The number of rotatable bonds is 6. The second kappa shape index (κ2) is 19.5. The Kier molecular flexibility index (Phi) is 17.7. The van der Waals surface area contributed by atoms with Crippen LogP contribution in [0.25, 0.3) is 11.1 Å². The topological polar surface area (TPSA) is 52.6 Å². The highest BCUT2D eigenvalue weighted by atomic mass is 32.2. The Balaban J connectivity index is 0.00000166. The van der Waals surface area contributed by atoms with Gasteiger partial charge in [-0.05, 0) is 78.7 Å². The maximum atomic E-state index is 12.8. The smallest absolute Gasteiger partial charge is 0.206 e. The maximum Gasteiger partial charge on any atom is 0.206 e. The lowest BCUT2D eigenvalue weighted by molar-refractivity contribution is 0.415. The van der Waals surface area contributed by atoms with Crippen molar-refractivity contribution in [2.75, 3.05) is 7.11 Å². The van der Waals surface area contributed by atoms with Crippen molar-refractivity contribution in [3.05, 3.63) is 103 Å². The fourth-order valence-corrected chi connectivity index (χ4v) is 4.44. The number of hydrogen-bond donors (Lipinski definition) is 0. The van der Waals surface area contributed by atoms with Crippen LogP contribution in [0.2, 0.25) is 0 Å². The Morgan fingerprint density at radius 1 is 0.462 bits per heavy atom. The van der Waals surface area contributed by atoms with Crippen molar-refractivity contribution < 1.29 is 17.9 Å². The van der Waals surface area contributed by atoms with E-state index in [-0.39, 0.29) is 9.79 Å². The highest BCUT2D eigenvalue weighted by molar-refractivity contribution is 7.91. The van der Waals surface area contributed by atoms with Crippen LogP contribution in [0.3, 0.4) is 0 Å². The van der Waals surface area contributed by atoms with Gasteiger partial charge in [-0.25, -0.2) is 8.42 Å². The first-order valence-corrected chi connectivity index (χ1v) is 15.3. The third-order valence-electron chi connectivity index (χ3n) is 4.98. The Morgan fingerprint density at radius 3 is 1.13 bits per heavy atom. The summed E-state index contributed by atoms with van der Waals surface area (Å²) >= 11 is 0. The number of aryl methyl sites for hydroxylation is 1. The molecule has 0 saturated carbocycles. The first-order chi connectivity index (χ1) is 19.0. The van der Waals surface area contributed by atoms with Gasteiger partial charge in [0, 0.05) is 0 Å². The van der Waals surface area contributed by atoms with Crippen LogP contribution < -0.4 is 9.47 Å². The maximum absolute atomic E-state index is 12.8. The van der Waals surface area contributed by atoms with Crippen molar-refractivity contribution in [2.24, 2.45) is 0 Å². The van der Waals surface area contributed by atoms with Crippen molar-refractivity contribution >= 4 is 9.84 Å². The monoisotopic (exact) mass is 550 g/mol. The van der Waals surface area contributed by atoms with Crippen LogP contribution in [0.4, 0.5) is 0 Å². The van der Waals surface area contributed by atoms with E-state index < -0.39 is 9.84 Å². The number of ether oxygens (including phenoxy) is 2. The minimum Gasteiger partial charge on any atom is -0.497 e. The highest BCUT2D eigenvalue weighted by Crippen LogP contribution is 2.29. The van der Waals surface area contributed by atoms with E-state index in [1.54, 1.807) is 55.6 Å². The third kappa shape index (κ3) is 10.6. The van der Waals surface area contributed by atoms with Crippen molar-refractivity contribution in [3.63, 3.8) is 0 Å². The van der Waals surface area contributed by atoms with Gasteiger partial charge in [0.25, 0.3) is 0 Å². The highest BCUT2D eigenvalue weighted by Gasteiger charge is 2.17. The molecule has 4 rings (SSSR count). The van der Waals surface area contributed by atoms with Crippen LogP contribution in [0.5, 0.6) is 17.2 Å². The summed E-state index contributed by atoms with van der Waals surface area (Å²) in [5.74, 6) is 2.06. The van der Waals surface area contributed by atoms with Crippen LogP contribution in [0, 0.1) is 6.92 Å². The Morgan fingerprint density at radius 2 is 0.769 bits per heavy atom. The van der Waals surface area contributed by atoms with Crippen LogP contribution in [0.15, 0.2) is 107 Å². The summed E-state index contributed by atoms with van der Waals surface area (Å²) in [7, 11) is -1.91. The van der Waals surface area contributed by atoms with Crippen molar-refractivity contribution in [1.82, 2.24) is 0 Å². The zero-order valence-electron chi connectivity index (χ0n) is 25.3. The lowest BCUT2D eigenvalue weighted by Crippen LogP contribution is -2.01. The summed E-state index contributed by atoms with van der Waals surface area (Å²) in [6, 6.07) is 28.9. The van der Waals surface area contributed by atoms with Gasteiger partial charge >= 0.3 is 0 Å². The third-order valence-corrected chi connectivity index (χ3v) is 6.76. The summed E-state index contributed by atoms with van der Waals surface area (Å²) in [6.45, 7) is 17.9. The van der Waals surface area contributed by atoms with Crippen LogP contribution in [-0.2, 0) is 9.84 Å². The molecule has 0 bridgehead atoms. The molecule has 0 amide bonds. The molecule has 0 saturated heterocycles. The van der Waals surface area contributed by atoms with Gasteiger partial charge in [-0.2, -0.15) is 0 Å². The number of hydrogen-bond acceptors (Lipinski definition) is 4. The Bertz CT molecular complexity index is 1260. The van der Waals surface area contributed by atoms with E-state index in [0.29, 0.717) is 11.5 Å². The molecule has 212 valence electrons. The predicted octanol–water partition coefficient (Wildman–Crippen LogP) is 10.4.